The zero-order valence-electron chi connectivity index (χ0n) is 17.1. The zero-order chi connectivity index (χ0) is 19.5. The van der Waals surface area contributed by atoms with E-state index in [1.807, 2.05) is 29.3 Å². The average Bonchev–Trinajstić information content (AvgIpc) is 3.07. The van der Waals surface area contributed by atoms with Gasteiger partial charge in [0.1, 0.15) is 5.82 Å². The predicted molar refractivity (Wildman–Crippen MR) is 110 cm³/mol. The van der Waals surface area contributed by atoms with Gasteiger partial charge in [0.2, 0.25) is 0 Å². The third-order valence-electron chi connectivity index (χ3n) is 5.94. The minimum Gasteiger partial charge on any atom is -0.379 e. The van der Waals surface area contributed by atoms with Crippen molar-refractivity contribution in [3.8, 4) is 0 Å². The van der Waals surface area contributed by atoms with Crippen LogP contribution in [0, 0.1) is 11.8 Å². The fourth-order valence-corrected chi connectivity index (χ4v) is 4.39. The van der Waals surface area contributed by atoms with Crippen LogP contribution in [0.1, 0.15) is 43.0 Å². The molecule has 2 aliphatic rings. The number of hydrogen-bond donors (Lipinski definition) is 0. The normalized spacial score (nSPS) is 19.6. The van der Waals surface area contributed by atoms with Crippen LogP contribution in [-0.2, 0) is 11.2 Å². The fraction of sp³-hybridized carbons (Fsp3) is 0.636. The van der Waals surface area contributed by atoms with Crippen molar-refractivity contribution in [3.63, 3.8) is 0 Å². The smallest absolute Gasteiger partial charge is 0.274 e. The molecule has 0 saturated carbocycles. The van der Waals surface area contributed by atoms with E-state index in [1.54, 1.807) is 0 Å². The van der Waals surface area contributed by atoms with Gasteiger partial charge in [0.25, 0.3) is 5.91 Å². The van der Waals surface area contributed by atoms with E-state index >= 15 is 0 Å². The Morgan fingerprint density at radius 3 is 2.64 bits per heavy atom. The van der Waals surface area contributed by atoms with Gasteiger partial charge >= 0.3 is 0 Å². The quantitative estimate of drug-likeness (QED) is 0.795. The van der Waals surface area contributed by atoms with Crippen LogP contribution in [0.25, 0.3) is 5.52 Å². The number of morpholine rings is 1. The molecule has 4 heterocycles. The molecule has 2 aliphatic heterocycles. The Bertz CT molecular complexity index is 802. The lowest BCUT2D eigenvalue weighted by molar-refractivity contribution is 0.0242. The maximum atomic E-state index is 13.2. The fourth-order valence-electron chi connectivity index (χ4n) is 4.39. The second-order valence-electron chi connectivity index (χ2n) is 8.58. The van der Waals surface area contributed by atoms with Crippen LogP contribution in [0.5, 0.6) is 0 Å². The van der Waals surface area contributed by atoms with E-state index < -0.39 is 0 Å². The van der Waals surface area contributed by atoms with Crippen molar-refractivity contribution in [2.24, 2.45) is 11.8 Å². The molecule has 2 aromatic heterocycles. The van der Waals surface area contributed by atoms with Gasteiger partial charge in [-0.25, -0.2) is 4.98 Å². The SMILES string of the molecule is CC(C)Cc1nc(C(=O)N2CCC(CN3CCOCC3)CC2)c2ccccn12. The Hall–Kier alpha value is -1.92. The average molecular weight is 385 g/mol. The molecule has 2 saturated heterocycles. The molecule has 0 aliphatic carbocycles. The van der Waals surface area contributed by atoms with Gasteiger partial charge in [-0.15, -0.1) is 0 Å². The van der Waals surface area contributed by atoms with Crippen LogP contribution in [0.4, 0.5) is 0 Å². The lowest BCUT2D eigenvalue weighted by Gasteiger charge is -2.35. The number of imidazole rings is 1. The van der Waals surface area contributed by atoms with Crippen molar-refractivity contribution >= 4 is 11.4 Å². The first-order valence-corrected chi connectivity index (χ1v) is 10.7. The summed E-state index contributed by atoms with van der Waals surface area (Å²) in [6.45, 7) is 11.0. The summed E-state index contributed by atoms with van der Waals surface area (Å²) in [5.74, 6) is 2.25. The number of fused-ring (bicyclic) bond motifs is 1. The van der Waals surface area contributed by atoms with Gasteiger partial charge in [0, 0.05) is 45.3 Å². The molecule has 2 fully saturated rings. The molecule has 6 nitrogen and oxygen atoms in total. The van der Waals surface area contributed by atoms with Gasteiger partial charge in [0.05, 0.1) is 18.7 Å². The summed E-state index contributed by atoms with van der Waals surface area (Å²) in [5, 5.41) is 0. The van der Waals surface area contributed by atoms with Crippen molar-refractivity contribution in [3.05, 3.63) is 35.9 Å². The maximum Gasteiger partial charge on any atom is 0.274 e. The molecule has 4 rings (SSSR count). The highest BCUT2D eigenvalue weighted by molar-refractivity contribution is 5.99. The van der Waals surface area contributed by atoms with Crippen molar-refractivity contribution in [1.29, 1.82) is 0 Å². The number of carbonyl (C=O) groups is 1. The number of piperidine rings is 1. The van der Waals surface area contributed by atoms with Crippen LogP contribution < -0.4 is 0 Å². The van der Waals surface area contributed by atoms with Gasteiger partial charge in [-0.2, -0.15) is 0 Å². The van der Waals surface area contributed by atoms with Crippen molar-refractivity contribution < 1.29 is 9.53 Å². The van der Waals surface area contributed by atoms with Crippen molar-refractivity contribution in [2.45, 2.75) is 33.1 Å². The highest BCUT2D eigenvalue weighted by Gasteiger charge is 2.28. The number of nitrogens with zero attached hydrogens (tertiary/aromatic N) is 4. The summed E-state index contributed by atoms with van der Waals surface area (Å²) in [6.07, 6.45) is 5.05. The molecule has 0 aromatic carbocycles. The number of likely N-dealkylation sites (tertiary alicyclic amines) is 1. The number of rotatable bonds is 5. The highest BCUT2D eigenvalue weighted by Crippen LogP contribution is 2.23. The number of hydrogen-bond acceptors (Lipinski definition) is 4. The largest absolute Gasteiger partial charge is 0.379 e. The van der Waals surface area contributed by atoms with Gasteiger partial charge in [-0.05, 0) is 36.8 Å². The number of aromatic nitrogens is 2. The van der Waals surface area contributed by atoms with E-state index in [2.05, 4.69) is 23.1 Å². The molecule has 0 radical (unpaired) electrons. The predicted octanol–water partition coefficient (Wildman–Crippen LogP) is 2.72. The van der Waals surface area contributed by atoms with E-state index in [0.717, 1.165) is 76.5 Å². The molecule has 0 unspecified atom stereocenters. The topological polar surface area (TPSA) is 50.1 Å². The lowest BCUT2D eigenvalue weighted by Crippen LogP contribution is -2.44. The molecule has 1 amide bonds. The minimum absolute atomic E-state index is 0.0866. The highest BCUT2D eigenvalue weighted by atomic mass is 16.5. The summed E-state index contributed by atoms with van der Waals surface area (Å²) in [6, 6.07) is 6.00. The van der Waals surface area contributed by atoms with Gasteiger partial charge in [-0.3, -0.25) is 9.69 Å². The van der Waals surface area contributed by atoms with E-state index in [0.29, 0.717) is 17.5 Å². The second kappa shape index (κ2) is 8.62. The minimum atomic E-state index is 0.0866. The summed E-state index contributed by atoms with van der Waals surface area (Å²) in [7, 11) is 0. The molecule has 0 bridgehead atoms. The molecule has 0 spiro atoms. The molecule has 28 heavy (non-hydrogen) atoms. The molecule has 0 atom stereocenters. The van der Waals surface area contributed by atoms with Gasteiger partial charge in [0.15, 0.2) is 5.69 Å². The first-order valence-electron chi connectivity index (χ1n) is 10.7. The Morgan fingerprint density at radius 1 is 1.18 bits per heavy atom. The van der Waals surface area contributed by atoms with Crippen LogP contribution in [0.15, 0.2) is 24.4 Å². The zero-order valence-corrected chi connectivity index (χ0v) is 17.1. The Morgan fingerprint density at radius 2 is 1.93 bits per heavy atom. The first-order chi connectivity index (χ1) is 13.6. The Labute approximate surface area is 167 Å². The van der Waals surface area contributed by atoms with Gasteiger partial charge < -0.3 is 14.0 Å². The summed E-state index contributed by atoms with van der Waals surface area (Å²) in [5.41, 5.74) is 1.54. The Kier molecular flexibility index (Phi) is 5.97. The van der Waals surface area contributed by atoms with Crippen molar-refractivity contribution in [2.75, 3.05) is 45.9 Å². The Balaban J connectivity index is 1.42. The number of carbonyl (C=O) groups excluding carboxylic acids is 1. The summed E-state index contributed by atoms with van der Waals surface area (Å²) < 4.78 is 7.53. The molecule has 6 heteroatoms. The first kappa shape index (κ1) is 19.4. The number of ether oxygens (including phenoxy) is 1. The molecule has 0 N–H and O–H groups in total. The van der Waals surface area contributed by atoms with E-state index in [9.17, 15) is 4.79 Å². The third-order valence-corrected chi connectivity index (χ3v) is 5.94. The molecule has 2 aromatic rings. The van der Waals surface area contributed by atoms with E-state index in [4.69, 9.17) is 9.72 Å². The summed E-state index contributed by atoms with van der Waals surface area (Å²) in [4.78, 5) is 22.5. The van der Waals surface area contributed by atoms with Crippen LogP contribution in [0.3, 0.4) is 0 Å². The number of amides is 1. The standard InChI is InChI=1S/C22H32N4O2/c1-17(2)15-20-23-21(19-5-3-4-8-26(19)20)22(27)25-9-6-18(7-10-25)16-24-11-13-28-14-12-24/h3-5,8,17-18H,6-7,9-16H2,1-2H3. The second-order valence-corrected chi connectivity index (χ2v) is 8.58. The summed E-state index contributed by atoms with van der Waals surface area (Å²) >= 11 is 0. The molecule has 152 valence electrons. The van der Waals surface area contributed by atoms with Crippen LogP contribution in [-0.4, -0.2) is 71.0 Å². The maximum absolute atomic E-state index is 13.2. The van der Waals surface area contributed by atoms with Crippen LogP contribution >= 0.6 is 0 Å². The van der Waals surface area contributed by atoms with Gasteiger partial charge in [-0.1, -0.05) is 19.9 Å². The third kappa shape index (κ3) is 4.23. The number of pyridine rings is 1. The van der Waals surface area contributed by atoms with E-state index in [-0.39, 0.29) is 5.91 Å². The monoisotopic (exact) mass is 384 g/mol. The lowest BCUT2D eigenvalue weighted by atomic mass is 9.95. The van der Waals surface area contributed by atoms with Crippen molar-refractivity contribution in [1.82, 2.24) is 19.2 Å². The molecular formula is C22H32N4O2. The van der Waals surface area contributed by atoms with Crippen LogP contribution in [0.2, 0.25) is 0 Å². The van der Waals surface area contributed by atoms with E-state index in [1.165, 1.54) is 0 Å². The molecular weight excluding hydrogens is 352 g/mol.